The third-order valence-electron chi connectivity index (χ3n) is 9.97. The van der Waals surface area contributed by atoms with E-state index in [0.717, 1.165) is 35.2 Å². The van der Waals surface area contributed by atoms with E-state index >= 15 is 0 Å². The summed E-state index contributed by atoms with van der Waals surface area (Å²) in [5.74, 6) is 6.41. The van der Waals surface area contributed by atoms with Gasteiger partial charge >= 0.3 is 0 Å². The number of fused-ring (bicyclic) bond motifs is 6. The molecule has 2 aliphatic carbocycles. The molecule has 9 rings (SSSR count). The van der Waals surface area contributed by atoms with Gasteiger partial charge in [-0.25, -0.2) is 4.99 Å². The Kier molecular flexibility index (Phi) is 7.09. The van der Waals surface area contributed by atoms with Crippen molar-refractivity contribution in [2.75, 3.05) is 0 Å². The molecule has 7 aromatic rings. The number of rotatable bonds is 5. The summed E-state index contributed by atoms with van der Waals surface area (Å²) in [6.07, 6.45) is 1.80. The first-order chi connectivity index (χ1) is 24.2. The lowest BCUT2D eigenvalue weighted by Gasteiger charge is -2.13. The molecule has 0 spiro atoms. The second-order valence-electron chi connectivity index (χ2n) is 12.8. The summed E-state index contributed by atoms with van der Waals surface area (Å²) in [5, 5.41) is 4.09. The molecule has 2 aliphatic rings. The van der Waals surface area contributed by atoms with E-state index in [0.29, 0.717) is 5.84 Å². The molecule has 0 bridgehead atoms. The maximum absolute atomic E-state index is 5.91. The van der Waals surface area contributed by atoms with Crippen LogP contribution in [-0.4, -0.2) is 11.5 Å². The van der Waals surface area contributed by atoms with E-state index in [4.69, 9.17) is 10.8 Å². The third kappa shape index (κ3) is 5.08. The van der Waals surface area contributed by atoms with E-state index in [1.54, 1.807) is 0 Å². The predicted octanol–water partition coefficient (Wildman–Crippen LogP) is 10.3. The first kappa shape index (κ1) is 28.9. The molecule has 3 nitrogen and oxygen atoms in total. The molecule has 49 heavy (non-hydrogen) atoms. The number of nitrogens with two attached hydrogens (primary N) is 1. The summed E-state index contributed by atoms with van der Waals surface area (Å²) in [7, 11) is 0. The fraction of sp³-hybridized carbons (Fsp3) is 0.0435. The summed E-state index contributed by atoms with van der Waals surface area (Å²) in [6.45, 7) is 0. The molecule has 0 saturated carbocycles. The Bertz CT molecular complexity index is 2420. The summed E-state index contributed by atoms with van der Waals surface area (Å²) < 4.78 is 0. The smallest absolute Gasteiger partial charge is 0.179 e. The van der Waals surface area contributed by atoms with E-state index in [9.17, 15) is 0 Å². The average molecular weight is 628 g/mol. The van der Waals surface area contributed by atoms with Gasteiger partial charge in [-0.05, 0) is 85.7 Å². The van der Waals surface area contributed by atoms with Gasteiger partial charge in [0.25, 0.3) is 0 Å². The van der Waals surface area contributed by atoms with Gasteiger partial charge in [-0.2, -0.15) is 5.10 Å². The largest absolute Gasteiger partial charge is 0.321 e. The maximum atomic E-state index is 5.91. The maximum Gasteiger partial charge on any atom is 0.179 e. The van der Waals surface area contributed by atoms with Crippen LogP contribution >= 0.6 is 0 Å². The highest BCUT2D eigenvalue weighted by Crippen LogP contribution is 2.47. The zero-order valence-corrected chi connectivity index (χ0v) is 27.0. The number of hydrogen-bond acceptors (Lipinski definition) is 2. The van der Waals surface area contributed by atoms with Gasteiger partial charge in [-0.15, -0.1) is 0 Å². The van der Waals surface area contributed by atoms with Crippen LogP contribution in [0.2, 0.25) is 0 Å². The van der Waals surface area contributed by atoms with Crippen molar-refractivity contribution in [1.82, 2.24) is 0 Å². The van der Waals surface area contributed by atoms with Crippen LogP contribution in [0.4, 0.5) is 0 Å². The van der Waals surface area contributed by atoms with E-state index in [2.05, 4.69) is 120 Å². The number of amidine groups is 1. The van der Waals surface area contributed by atoms with Gasteiger partial charge < -0.3 is 5.84 Å². The minimum Gasteiger partial charge on any atom is -0.321 e. The summed E-state index contributed by atoms with van der Waals surface area (Å²) in [5.41, 5.74) is 19.8. The second kappa shape index (κ2) is 12.0. The molecular weight excluding hydrogens is 595 g/mol. The molecule has 0 aliphatic heterocycles. The number of aliphatic imine (C=N–C) groups is 1. The highest BCUT2D eigenvalue weighted by molar-refractivity contribution is 6.20. The van der Waals surface area contributed by atoms with Gasteiger partial charge in [-0.3, -0.25) is 0 Å². The number of benzene rings is 7. The molecule has 0 heterocycles. The number of hydrazone groups is 1. The zero-order chi connectivity index (χ0) is 32.7. The Morgan fingerprint density at radius 2 is 0.918 bits per heavy atom. The average Bonchev–Trinajstić information content (AvgIpc) is 3.74. The summed E-state index contributed by atoms with van der Waals surface area (Å²) in [4.78, 5) is 5.07. The fourth-order valence-corrected chi connectivity index (χ4v) is 7.66. The minimum absolute atomic E-state index is 0.500. The first-order valence-corrected chi connectivity index (χ1v) is 16.8. The molecule has 232 valence electrons. The van der Waals surface area contributed by atoms with Gasteiger partial charge in [0.15, 0.2) is 5.84 Å². The Morgan fingerprint density at radius 3 is 1.51 bits per heavy atom. The van der Waals surface area contributed by atoms with E-state index in [1.807, 2.05) is 48.5 Å². The van der Waals surface area contributed by atoms with Gasteiger partial charge in [0.05, 0.1) is 5.71 Å². The van der Waals surface area contributed by atoms with Crippen molar-refractivity contribution in [3.05, 3.63) is 203 Å². The lowest BCUT2D eigenvalue weighted by Crippen LogP contribution is -2.10. The highest BCUT2D eigenvalue weighted by atomic mass is 15.2. The monoisotopic (exact) mass is 627 g/mol. The SMILES string of the molecule is N/N=C(\N=C(/c1ccccc1)c1ccc2c(c1)Cc1c-2cccc1-c1cccc2c1Cc1cc(-c3ccccc3)ccc1-2)c1ccccc1. The Balaban J connectivity index is 1.09. The first-order valence-electron chi connectivity index (χ1n) is 16.8. The van der Waals surface area contributed by atoms with Crippen LogP contribution in [0.1, 0.15) is 38.9 Å². The van der Waals surface area contributed by atoms with Crippen molar-refractivity contribution in [2.45, 2.75) is 12.8 Å². The molecule has 2 N–H and O–H groups in total. The summed E-state index contributed by atoms with van der Waals surface area (Å²) >= 11 is 0. The van der Waals surface area contributed by atoms with E-state index in [-0.39, 0.29) is 0 Å². The van der Waals surface area contributed by atoms with Gasteiger partial charge in [0, 0.05) is 16.7 Å². The molecule has 7 aromatic carbocycles. The molecule has 0 saturated heterocycles. The standard InChI is InChI=1S/C46H33N3/c47-49-46(32-16-8-3-9-17-32)48-45(31-14-6-2-7-15-31)34-23-25-38-36(27-34)29-44-40(38)19-11-21-42(44)41-20-10-18-39-37-24-22-33(26-35(37)28-43(39)41)30-12-4-1-5-13-30/h1-27H,28-29,47H2/b48-45+,49-46-. The van der Waals surface area contributed by atoms with Crippen LogP contribution in [0.25, 0.3) is 44.5 Å². The fourth-order valence-electron chi connectivity index (χ4n) is 7.66. The highest BCUT2D eigenvalue weighted by Gasteiger charge is 2.27. The normalized spacial score (nSPS) is 13.1. The lowest BCUT2D eigenvalue weighted by atomic mass is 9.90. The summed E-state index contributed by atoms with van der Waals surface area (Å²) in [6, 6.07) is 58.2. The number of nitrogens with zero attached hydrogens (tertiary/aromatic N) is 2. The molecule has 0 unspecified atom stereocenters. The Labute approximate surface area is 286 Å². The van der Waals surface area contributed by atoms with Gasteiger partial charge in [-0.1, -0.05) is 158 Å². The van der Waals surface area contributed by atoms with Crippen molar-refractivity contribution in [3.8, 4) is 44.5 Å². The topological polar surface area (TPSA) is 50.7 Å². The third-order valence-corrected chi connectivity index (χ3v) is 9.97. The molecule has 0 amide bonds. The van der Waals surface area contributed by atoms with Crippen molar-refractivity contribution < 1.29 is 0 Å². The van der Waals surface area contributed by atoms with Crippen LogP contribution in [0.5, 0.6) is 0 Å². The minimum atomic E-state index is 0.500. The molecule has 0 radical (unpaired) electrons. The second-order valence-corrected chi connectivity index (χ2v) is 12.8. The molecule has 0 fully saturated rings. The van der Waals surface area contributed by atoms with Crippen molar-refractivity contribution in [2.24, 2.45) is 15.9 Å². The van der Waals surface area contributed by atoms with Crippen LogP contribution in [-0.2, 0) is 12.8 Å². The number of hydrogen-bond donors (Lipinski definition) is 1. The Hall–Kier alpha value is -6.32. The van der Waals surface area contributed by atoms with Crippen LogP contribution in [0.3, 0.4) is 0 Å². The van der Waals surface area contributed by atoms with Crippen molar-refractivity contribution in [1.29, 1.82) is 0 Å². The zero-order valence-electron chi connectivity index (χ0n) is 27.0. The quantitative estimate of drug-likeness (QED) is 0.0878. The lowest BCUT2D eigenvalue weighted by molar-refractivity contribution is 1.22. The van der Waals surface area contributed by atoms with E-state index < -0.39 is 0 Å². The van der Waals surface area contributed by atoms with Crippen LogP contribution < -0.4 is 5.84 Å². The van der Waals surface area contributed by atoms with Crippen LogP contribution in [0, 0.1) is 0 Å². The van der Waals surface area contributed by atoms with Crippen LogP contribution in [0.15, 0.2) is 174 Å². The van der Waals surface area contributed by atoms with E-state index in [1.165, 1.54) is 66.8 Å². The van der Waals surface area contributed by atoms with Gasteiger partial charge in [0.1, 0.15) is 0 Å². The molecule has 0 aromatic heterocycles. The van der Waals surface area contributed by atoms with Crippen molar-refractivity contribution in [3.63, 3.8) is 0 Å². The molecule has 0 atom stereocenters. The van der Waals surface area contributed by atoms with Gasteiger partial charge in [0.2, 0.25) is 0 Å². The molecular formula is C46H33N3. The predicted molar refractivity (Wildman–Crippen MR) is 203 cm³/mol. The Morgan fingerprint density at radius 1 is 0.408 bits per heavy atom. The molecule has 3 heteroatoms. The van der Waals surface area contributed by atoms with Crippen molar-refractivity contribution >= 4 is 11.5 Å².